The second-order valence-corrected chi connectivity index (χ2v) is 7.30. The Bertz CT molecular complexity index is 535. The fraction of sp³-hybridized carbons (Fsp3) is 0.562. The van der Waals surface area contributed by atoms with E-state index < -0.39 is 0 Å². The lowest BCUT2D eigenvalue weighted by molar-refractivity contribution is 0.0606. The molecule has 0 saturated heterocycles. The fourth-order valence-electron chi connectivity index (χ4n) is 2.38. The topological polar surface area (TPSA) is 20.3 Å². The number of rotatable bonds is 0. The Morgan fingerprint density at radius 3 is 2.16 bits per heavy atom. The molecule has 0 atom stereocenters. The zero-order valence-corrected chi connectivity index (χ0v) is 12.6. The van der Waals surface area contributed by atoms with E-state index in [-0.39, 0.29) is 28.2 Å². The zero-order valence-electron chi connectivity index (χ0n) is 12.6. The summed E-state index contributed by atoms with van der Waals surface area (Å²) in [6.45, 7) is 12.6. The smallest absolute Gasteiger partial charge is 0.257 e. The molecule has 2 rings (SSSR count). The van der Waals surface area contributed by atoms with Gasteiger partial charge in [0.25, 0.3) is 5.91 Å². The van der Waals surface area contributed by atoms with E-state index >= 15 is 0 Å². The van der Waals surface area contributed by atoms with E-state index in [0.29, 0.717) is 6.54 Å². The number of hydrogen-bond acceptors (Lipinski definition) is 1. The minimum absolute atomic E-state index is 0.117. The highest BCUT2D eigenvalue weighted by atomic mass is 19.1. The number of nitrogens with zero attached hydrogens (tertiary/aromatic N) is 1. The average Bonchev–Trinajstić information content (AvgIpc) is 2.54. The van der Waals surface area contributed by atoms with Gasteiger partial charge in [-0.1, -0.05) is 26.8 Å². The molecule has 0 unspecified atom stereocenters. The van der Waals surface area contributed by atoms with Crippen LogP contribution in [0.4, 0.5) is 4.39 Å². The van der Waals surface area contributed by atoms with Crippen molar-refractivity contribution in [3.8, 4) is 0 Å². The van der Waals surface area contributed by atoms with Crippen molar-refractivity contribution in [1.82, 2.24) is 4.90 Å². The SMILES string of the molecule is CC(C)(C)c1cc(F)c2c(c1)CN(C(C)(C)C)C2=O. The van der Waals surface area contributed by atoms with Crippen LogP contribution < -0.4 is 0 Å². The molecular weight excluding hydrogens is 241 g/mol. The molecule has 0 spiro atoms. The van der Waals surface area contributed by atoms with Crippen LogP contribution in [0.5, 0.6) is 0 Å². The molecule has 0 aromatic heterocycles. The van der Waals surface area contributed by atoms with E-state index in [2.05, 4.69) is 0 Å². The highest BCUT2D eigenvalue weighted by Gasteiger charge is 2.37. The van der Waals surface area contributed by atoms with E-state index in [0.717, 1.165) is 11.1 Å². The first-order valence-electron chi connectivity index (χ1n) is 6.66. The molecule has 3 heteroatoms. The summed E-state index contributed by atoms with van der Waals surface area (Å²) in [5, 5.41) is 0. The Balaban J connectivity index is 2.52. The lowest BCUT2D eigenvalue weighted by atomic mass is 9.85. The Morgan fingerprint density at radius 1 is 1.11 bits per heavy atom. The lowest BCUT2D eigenvalue weighted by Gasteiger charge is -2.31. The van der Waals surface area contributed by atoms with Crippen molar-refractivity contribution in [2.45, 2.75) is 59.0 Å². The summed E-state index contributed by atoms with van der Waals surface area (Å²) >= 11 is 0. The molecule has 1 aliphatic rings. The standard InChI is InChI=1S/C16H22FNO/c1-15(2,3)11-7-10-9-18(16(4,5)6)14(19)13(10)12(17)8-11/h7-8H,9H2,1-6H3. The summed E-state index contributed by atoms with van der Waals surface area (Å²) in [7, 11) is 0. The first-order chi connectivity index (χ1) is 8.51. The molecule has 0 bridgehead atoms. The average molecular weight is 263 g/mol. The molecule has 1 aromatic carbocycles. The van der Waals surface area contributed by atoms with Crippen molar-refractivity contribution in [2.24, 2.45) is 0 Å². The van der Waals surface area contributed by atoms with Crippen LogP contribution in [0.2, 0.25) is 0 Å². The van der Waals surface area contributed by atoms with Gasteiger partial charge < -0.3 is 4.90 Å². The van der Waals surface area contributed by atoms with Gasteiger partial charge in [0.2, 0.25) is 0 Å². The van der Waals surface area contributed by atoms with Crippen LogP contribution in [-0.2, 0) is 12.0 Å². The molecule has 1 aromatic rings. The van der Waals surface area contributed by atoms with E-state index in [9.17, 15) is 9.18 Å². The molecule has 1 amide bonds. The maximum atomic E-state index is 14.2. The normalized spacial score (nSPS) is 15.9. The van der Waals surface area contributed by atoms with Crippen LogP contribution >= 0.6 is 0 Å². The highest BCUT2D eigenvalue weighted by Crippen LogP contribution is 2.34. The van der Waals surface area contributed by atoms with Crippen LogP contribution in [0.25, 0.3) is 0 Å². The van der Waals surface area contributed by atoms with Gasteiger partial charge in [-0.3, -0.25) is 4.79 Å². The van der Waals surface area contributed by atoms with Crippen molar-refractivity contribution >= 4 is 5.91 Å². The number of hydrogen-bond donors (Lipinski definition) is 0. The van der Waals surface area contributed by atoms with Crippen molar-refractivity contribution in [1.29, 1.82) is 0 Å². The molecule has 0 N–H and O–H groups in total. The number of carbonyl (C=O) groups is 1. The Kier molecular flexibility index (Phi) is 3.00. The van der Waals surface area contributed by atoms with Gasteiger partial charge >= 0.3 is 0 Å². The lowest BCUT2D eigenvalue weighted by Crippen LogP contribution is -2.41. The third-order valence-corrected chi connectivity index (χ3v) is 3.64. The number of amides is 1. The monoisotopic (exact) mass is 263 g/mol. The third kappa shape index (κ3) is 2.38. The van der Waals surface area contributed by atoms with Gasteiger partial charge in [-0.25, -0.2) is 4.39 Å². The highest BCUT2D eigenvalue weighted by molar-refractivity contribution is 5.99. The Morgan fingerprint density at radius 2 is 1.68 bits per heavy atom. The van der Waals surface area contributed by atoms with Gasteiger partial charge in [0, 0.05) is 12.1 Å². The molecule has 1 aliphatic heterocycles. The molecule has 19 heavy (non-hydrogen) atoms. The van der Waals surface area contributed by atoms with Crippen LogP contribution in [0, 0.1) is 5.82 Å². The van der Waals surface area contributed by atoms with Gasteiger partial charge in [0.05, 0.1) is 5.56 Å². The molecular formula is C16H22FNO. The minimum atomic E-state index is -0.390. The molecule has 0 radical (unpaired) electrons. The summed E-state index contributed by atoms with van der Waals surface area (Å²) < 4.78 is 14.2. The van der Waals surface area contributed by atoms with Gasteiger partial charge in [0.1, 0.15) is 5.82 Å². The van der Waals surface area contributed by atoms with Crippen LogP contribution in [0.15, 0.2) is 12.1 Å². The van der Waals surface area contributed by atoms with E-state index in [4.69, 9.17) is 0 Å². The largest absolute Gasteiger partial charge is 0.329 e. The van der Waals surface area contributed by atoms with Crippen LogP contribution in [0.3, 0.4) is 0 Å². The third-order valence-electron chi connectivity index (χ3n) is 3.64. The van der Waals surface area contributed by atoms with E-state index in [1.54, 1.807) is 4.90 Å². The number of fused-ring (bicyclic) bond motifs is 1. The molecule has 104 valence electrons. The minimum Gasteiger partial charge on any atom is -0.329 e. The van der Waals surface area contributed by atoms with Crippen molar-refractivity contribution in [3.05, 3.63) is 34.6 Å². The summed E-state index contributed by atoms with van der Waals surface area (Å²) in [6.07, 6.45) is 0. The Hall–Kier alpha value is -1.38. The fourth-order valence-corrected chi connectivity index (χ4v) is 2.38. The first-order valence-corrected chi connectivity index (χ1v) is 6.66. The van der Waals surface area contributed by atoms with E-state index in [1.165, 1.54) is 6.07 Å². The number of carbonyl (C=O) groups excluding carboxylic acids is 1. The quantitative estimate of drug-likeness (QED) is 0.695. The predicted molar refractivity (Wildman–Crippen MR) is 74.7 cm³/mol. The van der Waals surface area contributed by atoms with Gasteiger partial charge in [-0.15, -0.1) is 0 Å². The number of halogens is 1. The van der Waals surface area contributed by atoms with Crippen molar-refractivity contribution in [3.63, 3.8) is 0 Å². The maximum Gasteiger partial charge on any atom is 0.257 e. The zero-order chi connectivity index (χ0) is 14.6. The number of benzene rings is 1. The van der Waals surface area contributed by atoms with Gasteiger partial charge in [0.15, 0.2) is 0 Å². The molecule has 0 fully saturated rings. The molecule has 2 nitrogen and oxygen atoms in total. The Labute approximate surface area is 114 Å². The first kappa shape index (κ1) is 14.0. The van der Waals surface area contributed by atoms with E-state index in [1.807, 2.05) is 47.6 Å². The molecule has 1 heterocycles. The second-order valence-electron chi connectivity index (χ2n) is 7.30. The van der Waals surface area contributed by atoms with Crippen LogP contribution in [-0.4, -0.2) is 16.3 Å². The summed E-state index contributed by atoms with van der Waals surface area (Å²) in [4.78, 5) is 14.0. The summed E-state index contributed by atoms with van der Waals surface area (Å²) in [6, 6.07) is 3.48. The second kappa shape index (κ2) is 4.06. The van der Waals surface area contributed by atoms with Crippen molar-refractivity contribution < 1.29 is 9.18 Å². The maximum absolute atomic E-state index is 14.2. The summed E-state index contributed by atoms with van der Waals surface area (Å²) in [5.41, 5.74) is 1.60. The van der Waals surface area contributed by atoms with Gasteiger partial charge in [-0.2, -0.15) is 0 Å². The predicted octanol–water partition coefficient (Wildman–Crippen LogP) is 3.88. The molecule has 0 aliphatic carbocycles. The summed E-state index contributed by atoms with van der Waals surface area (Å²) in [5.74, 6) is -0.584. The van der Waals surface area contributed by atoms with Gasteiger partial charge in [-0.05, 0) is 43.4 Å². The van der Waals surface area contributed by atoms with Crippen LogP contribution in [0.1, 0.15) is 63.0 Å². The molecule has 0 saturated carbocycles. The van der Waals surface area contributed by atoms with Crippen molar-refractivity contribution in [2.75, 3.05) is 0 Å².